The topological polar surface area (TPSA) is 39.2 Å². The second kappa shape index (κ2) is 4.61. The van der Waals surface area contributed by atoms with Gasteiger partial charge in [0, 0.05) is 6.07 Å². The third-order valence-corrected chi connectivity index (χ3v) is 1.98. The van der Waals surface area contributed by atoms with E-state index in [2.05, 4.69) is 25.7 Å². The molecule has 82 valence electrons. The molecule has 15 heavy (non-hydrogen) atoms. The minimum atomic E-state index is -3.13. The predicted octanol–water partition coefficient (Wildman–Crippen LogP) is 2.71. The zero-order chi connectivity index (χ0) is 11.6. The molecule has 0 saturated carbocycles. The van der Waals surface area contributed by atoms with Gasteiger partial charge in [0.25, 0.3) is 6.43 Å². The number of halogens is 4. The van der Waals surface area contributed by atoms with Gasteiger partial charge in [0.2, 0.25) is 0 Å². The SMILES string of the molecule is COC(=O)c1nc(Br)cc(F)c1C(F)F. The van der Waals surface area contributed by atoms with E-state index in [4.69, 9.17) is 0 Å². The van der Waals surface area contributed by atoms with Gasteiger partial charge in [0.05, 0.1) is 12.7 Å². The summed E-state index contributed by atoms with van der Waals surface area (Å²) in [7, 11) is 0.998. The van der Waals surface area contributed by atoms with E-state index in [1.807, 2.05) is 0 Å². The van der Waals surface area contributed by atoms with Crippen LogP contribution in [0.15, 0.2) is 10.7 Å². The minimum Gasteiger partial charge on any atom is -0.464 e. The molecular weight excluding hydrogens is 279 g/mol. The van der Waals surface area contributed by atoms with Crippen LogP contribution < -0.4 is 0 Å². The zero-order valence-electron chi connectivity index (χ0n) is 7.43. The molecular formula is C8H5BrF3NO2. The number of hydrogen-bond acceptors (Lipinski definition) is 3. The molecule has 0 spiro atoms. The van der Waals surface area contributed by atoms with Crippen molar-refractivity contribution in [3.63, 3.8) is 0 Å². The van der Waals surface area contributed by atoms with Crippen LogP contribution in [0.1, 0.15) is 22.5 Å². The number of methoxy groups -OCH3 is 1. The number of hydrogen-bond donors (Lipinski definition) is 0. The Bertz CT molecular complexity index is 398. The number of pyridine rings is 1. The van der Waals surface area contributed by atoms with Gasteiger partial charge >= 0.3 is 5.97 Å². The van der Waals surface area contributed by atoms with Gasteiger partial charge in [-0.15, -0.1) is 0 Å². The summed E-state index contributed by atoms with van der Waals surface area (Å²) >= 11 is 2.79. The Balaban J connectivity index is 3.40. The van der Waals surface area contributed by atoms with E-state index in [1.165, 1.54) is 0 Å². The lowest BCUT2D eigenvalue weighted by Crippen LogP contribution is -2.11. The monoisotopic (exact) mass is 283 g/mol. The molecule has 0 aromatic carbocycles. The van der Waals surface area contributed by atoms with Crippen molar-refractivity contribution in [1.82, 2.24) is 4.98 Å². The number of rotatable bonds is 2. The average molecular weight is 284 g/mol. The van der Waals surface area contributed by atoms with E-state index in [1.54, 1.807) is 0 Å². The minimum absolute atomic E-state index is 0.0511. The molecule has 0 unspecified atom stereocenters. The average Bonchev–Trinajstić information content (AvgIpc) is 2.14. The number of nitrogens with zero attached hydrogens (tertiary/aromatic N) is 1. The van der Waals surface area contributed by atoms with Crippen LogP contribution in [-0.4, -0.2) is 18.1 Å². The third-order valence-electron chi connectivity index (χ3n) is 1.57. The van der Waals surface area contributed by atoms with Crippen molar-refractivity contribution in [2.24, 2.45) is 0 Å². The summed E-state index contributed by atoms with van der Waals surface area (Å²) in [6, 6.07) is 0.758. The summed E-state index contributed by atoms with van der Waals surface area (Å²) in [4.78, 5) is 14.5. The summed E-state index contributed by atoms with van der Waals surface area (Å²) in [6.45, 7) is 0. The number of alkyl halides is 2. The number of esters is 1. The molecule has 1 heterocycles. The Morgan fingerprint density at radius 2 is 2.20 bits per heavy atom. The van der Waals surface area contributed by atoms with Crippen LogP contribution in [0.3, 0.4) is 0 Å². The van der Waals surface area contributed by atoms with Crippen LogP contribution >= 0.6 is 15.9 Å². The first kappa shape index (κ1) is 12.0. The maximum Gasteiger partial charge on any atom is 0.357 e. The fourth-order valence-corrected chi connectivity index (χ4v) is 1.33. The first-order chi connectivity index (χ1) is 6.97. The highest BCUT2D eigenvalue weighted by Gasteiger charge is 2.25. The van der Waals surface area contributed by atoms with E-state index in [0.717, 1.165) is 13.2 Å². The lowest BCUT2D eigenvalue weighted by atomic mass is 10.2. The van der Waals surface area contributed by atoms with Crippen LogP contribution in [0.2, 0.25) is 0 Å². The second-order valence-electron chi connectivity index (χ2n) is 2.48. The standard InChI is InChI=1S/C8H5BrF3NO2/c1-15-8(14)6-5(7(11)12)3(10)2-4(9)13-6/h2,7H,1H3. The van der Waals surface area contributed by atoms with Gasteiger partial charge in [0.15, 0.2) is 5.69 Å². The summed E-state index contributed by atoms with van der Waals surface area (Å²) in [5, 5.41) is 0. The summed E-state index contributed by atoms with van der Waals surface area (Å²) in [5.41, 5.74) is -1.77. The second-order valence-corrected chi connectivity index (χ2v) is 3.29. The van der Waals surface area contributed by atoms with Crippen molar-refractivity contribution in [2.45, 2.75) is 6.43 Å². The molecule has 0 fully saturated rings. The normalized spacial score (nSPS) is 10.5. The predicted molar refractivity (Wildman–Crippen MR) is 48.2 cm³/mol. The molecule has 1 rings (SSSR count). The van der Waals surface area contributed by atoms with E-state index >= 15 is 0 Å². The van der Waals surface area contributed by atoms with Gasteiger partial charge in [-0.05, 0) is 15.9 Å². The fraction of sp³-hybridized carbons (Fsp3) is 0.250. The largest absolute Gasteiger partial charge is 0.464 e. The van der Waals surface area contributed by atoms with Crippen LogP contribution in [0.25, 0.3) is 0 Å². The van der Waals surface area contributed by atoms with E-state index in [-0.39, 0.29) is 4.60 Å². The Kier molecular flexibility index (Phi) is 3.67. The molecule has 0 aliphatic heterocycles. The van der Waals surface area contributed by atoms with E-state index in [9.17, 15) is 18.0 Å². The molecule has 0 radical (unpaired) electrons. The summed E-state index contributed by atoms with van der Waals surface area (Å²) in [5.74, 6) is -2.31. The highest BCUT2D eigenvalue weighted by molar-refractivity contribution is 9.10. The fourth-order valence-electron chi connectivity index (χ4n) is 0.955. The molecule has 0 saturated heterocycles. The highest BCUT2D eigenvalue weighted by atomic mass is 79.9. The molecule has 0 atom stereocenters. The maximum absolute atomic E-state index is 13.1. The molecule has 7 heteroatoms. The zero-order valence-corrected chi connectivity index (χ0v) is 9.02. The van der Waals surface area contributed by atoms with E-state index in [0.29, 0.717) is 0 Å². The van der Waals surface area contributed by atoms with Gasteiger partial charge in [-0.3, -0.25) is 0 Å². The van der Waals surface area contributed by atoms with Crippen LogP contribution in [0.5, 0.6) is 0 Å². The van der Waals surface area contributed by atoms with Crippen molar-refractivity contribution in [1.29, 1.82) is 0 Å². The smallest absolute Gasteiger partial charge is 0.357 e. The van der Waals surface area contributed by atoms with Crippen molar-refractivity contribution in [2.75, 3.05) is 7.11 Å². The molecule has 0 aliphatic carbocycles. The number of ether oxygens (including phenoxy) is 1. The van der Waals surface area contributed by atoms with Crippen LogP contribution in [0.4, 0.5) is 13.2 Å². The summed E-state index contributed by atoms with van der Waals surface area (Å²) < 4.78 is 42.1. The van der Waals surface area contributed by atoms with Gasteiger partial charge in [-0.1, -0.05) is 0 Å². The molecule has 3 nitrogen and oxygen atoms in total. The lowest BCUT2D eigenvalue weighted by Gasteiger charge is -2.07. The Morgan fingerprint density at radius 3 is 2.67 bits per heavy atom. The van der Waals surface area contributed by atoms with Crippen LogP contribution in [-0.2, 0) is 4.74 Å². The van der Waals surface area contributed by atoms with Gasteiger partial charge < -0.3 is 4.74 Å². The van der Waals surface area contributed by atoms with Gasteiger partial charge in [-0.2, -0.15) is 0 Å². The van der Waals surface area contributed by atoms with Gasteiger partial charge in [0.1, 0.15) is 10.4 Å². The van der Waals surface area contributed by atoms with Crippen molar-refractivity contribution in [3.8, 4) is 0 Å². The third kappa shape index (κ3) is 2.47. The number of carbonyl (C=O) groups excluding carboxylic acids is 1. The van der Waals surface area contributed by atoms with Crippen molar-refractivity contribution >= 4 is 21.9 Å². The van der Waals surface area contributed by atoms with E-state index < -0.39 is 29.5 Å². The molecule has 0 aliphatic rings. The highest BCUT2D eigenvalue weighted by Crippen LogP contribution is 2.27. The molecule has 1 aromatic heterocycles. The molecule has 0 N–H and O–H groups in total. The Morgan fingerprint density at radius 1 is 1.60 bits per heavy atom. The van der Waals surface area contributed by atoms with Crippen molar-refractivity contribution < 1.29 is 22.7 Å². The quantitative estimate of drug-likeness (QED) is 0.619. The first-order valence-electron chi connectivity index (χ1n) is 3.69. The Labute approximate surface area is 91.4 Å². The van der Waals surface area contributed by atoms with Gasteiger partial charge in [-0.25, -0.2) is 22.9 Å². The molecule has 0 amide bonds. The molecule has 1 aromatic rings. The molecule has 0 bridgehead atoms. The number of carbonyl (C=O) groups is 1. The number of aromatic nitrogens is 1. The Hall–Kier alpha value is -1.11. The maximum atomic E-state index is 13.1. The summed E-state index contributed by atoms with van der Waals surface area (Å²) in [6.07, 6.45) is -3.13. The van der Waals surface area contributed by atoms with Crippen molar-refractivity contribution in [3.05, 3.63) is 27.7 Å². The van der Waals surface area contributed by atoms with Crippen LogP contribution in [0, 0.1) is 5.82 Å². The lowest BCUT2D eigenvalue weighted by molar-refractivity contribution is 0.0579. The first-order valence-corrected chi connectivity index (χ1v) is 4.49.